The van der Waals surface area contributed by atoms with Crippen LogP contribution in [-0.4, -0.2) is 0 Å². The van der Waals surface area contributed by atoms with Gasteiger partial charge in [0.1, 0.15) is 0 Å². The summed E-state index contributed by atoms with van der Waals surface area (Å²) >= 11 is 0. The van der Waals surface area contributed by atoms with Crippen molar-refractivity contribution in [2.45, 2.75) is 68.2 Å². The molecule has 0 aliphatic heterocycles. The van der Waals surface area contributed by atoms with Gasteiger partial charge in [-0.05, 0) is 36.1 Å². The molecule has 0 heterocycles. The third-order valence-electron chi connectivity index (χ3n) is 3.64. The molecule has 3 rings (SSSR count). The highest BCUT2D eigenvalue weighted by Crippen LogP contribution is 2.44. The normalized spacial score (nSPS) is 10.8. The van der Waals surface area contributed by atoms with E-state index < -0.39 is 0 Å². The van der Waals surface area contributed by atoms with Gasteiger partial charge in [0.25, 0.3) is 0 Å². The fraction of sp³-hybridized carbons (Fsp3) is 0.455. The summed E-state index contributed by atoms with van der Waals surface area (Å²) in [4.78, 5) is 0. The van der Waals surface area contributed by atoms with Gasteiger partial charge in [0, 0.05) is 5.92 Å². The second kappa shape index (κ2) is 10.2. The van der Waals surface area contributed by atoms with Crippen LogP contribution in [0.15, 0.2) is 36.4 Å². The fourth-order valence-electron chi connectivity index (χ4n) is 2.74. The Bertz CT molecular complexity index is 513. The molecule has 0 heteroatoms. The molecule has 0 radical (unpaired) electrons. The Morgan fingerprint density at radius 3 is 1.23 bits per heavy atom. The van der Waals surface area contributed by atoms with Crippen LogP contribution < -0.4 is 0 Å². The Balaban J connectivity index is 0.000000661. The molecule has 0 amide bonds. The third kappa shape index (κ3) is 4.22. The smallest absolute Gasteiger partial charge is 0.00735 e. The summed E-state index contributed by atoms with van der Waals surface area (Å²) in [5.41, 5.74) is 8.53. The number of hydrogen-bond donors (Lipinski definition) is 0. The van der Waals surface area contributed by atoms with Crippen molar-refractivity contribution in [2.24, 2.45) is 0 Å². The molecule has 0 fully saturated rings. The second-order valence-corrected chi connectivity index (χ2v) is 4.90. The zero-order valence-electron chi connectivity index (χ0n) is 16.0. The summed E-state index contributed by atoms with van der Waals surface area (Å²) < 4.78 is 0. The summed E-state index contributed by atoms with van der Waals surface area (Å²) in [6.07, 6.45) is 0. The Morgan fingerprint density at radius 1 is 0.591 bits per heavy atom. The number of hydrogen-bond acceptors (Lipinski definition) is 0. The second-order valence-electron chi connectivity index (χ2n) is 4.90. The van der Waals surface area contributed by atoms with Gasteiger partial charge in [-0.1, -0.05) is 96.0 Å². The monoisotopic (exact) mass is 298 g/mol. The number of benzene rings is 2. The van der Waals surface area contributed by atoms with Crippen molar-refractivity contribution in [3.8, 4) is 11.1 Å². The van der Waals surface area contributed by atoms with E-state index in [9.17, 15) is 0 Å². The predicted molar refractivity (Wildman–Crippen MR) is 103 cm³/mol. The highest BCUT2D eigenvalue weighted by Gasteiger charge is 2.24. The van der Waals surface area contributed by atoms with Gasteiger partial charge in [-0.25, -0.2) is 0 Å². The summed E-state index contributed by atoms with van der Waals surface area (Å²) in [6, 6.07) is 13.6. The maximum absolute atomic E-state index is 2.33. The zero-order valence-corrected chi connectivity index (χ0v) is 16.0. The standard InChI is InChI=1S/C16H16.3C2H6/c1-10-4-6-13-14-7-5-11(2)9-16(14)12(3)15(13)8-10;3*1-2/h4-9,12H,1-3H3;3*1-2H3. The van der Waals surface area contributed by atoms with Crippen molar-refractivity contribution < 1.29 is 0 Å². The molecule has 0 aromatic heterocycles. The van der Waals surface area contributed by atoms with E-state index in [0.717, 1.165) is 0 Å². The van der Waals surface area contributed by atoms with Gasteiger partial charge >= 0.3 is 0 Å². The molecule has 2 aromatic rings. The van der Waals surface area contributed by atoms with Crippen molar-refractivity contribution in [3.63, 3.8) is 0 Å². The lowest BCUT2D eigenvalue weighted by Crippen LogP contribution is -1.90. The van der Waals surface area contributed by atoms with Crippen LogP contribution in [0.1, 0.15) is 76.6 Å². The molecule has 0 N–H and O–H groups in total. The van der Waals surface area contributed by atoms with Gasteiger partial charge in [0.15, 0.2) is 0 Å². The first kappa shape index (κ1) is 20.4. The minimum atomic E-state index is 0.546. The third-order valence-corrected chi connectivity index (χ3v) is 3.64. The van der Waals surface area contributed by atoms with Crippen molar-refractivity contribution in [2.75, 3.05) is 0 Å². The van der Waals surface area contributed by atoms with Crippen LogP contribution in [0.5, 0.6) is 0 Å². The molecule has 0 atom stereocenters. The highest BCUT2D eigenvalue weighted by atomic mass is 14.3. The van der Waals surface area contributed by atoms with E-state index in [2.05, 4.69) is 57.2 Å². The van der Waals surface area contributed by atoms with Crippen LogP contribution in [0.2, 0.25) is 0 Å². The first-order valence-corrected chi connectivity index (χ1v) is 8.88. The van der Waals surface area contributed by atoms with Crippen LogP contribution >= 0.6 is 0 Å². The Morgan fingerprint density at radius 2 is 0.909 bits per heavy atom. The van der Waals surface area contributed by atoms with E-state index in [1.165, 1.54) is 33.4 Å². The predicted octanol–water partition coefficient (Wildman–Crippen LogP) is 7.51. The molecule has 1 aliphatic carbocycles. The number of rotatable bonds is 0. The van der Waals surface area contributed by atoms with Gasteiger partial charge in [-0.2, -0.15) is 0 Å². The van der Waals surface area contributed by atoms with Crippen LogP contribution in [0, 0.1) is 13.8 Å². The fourth-order valence-corrected chi connectivity index (χ4v) is 2.74. The lowest BCUT2D eigenvalue weighted by atomic mass is 9.97. The van der Waals surface area contributed by atoms with Gasteiger partial charge in [-0.3, -0.25) is 0 Å². The molecular formula is C22H34. The molecule has 0 bridgehead atoms. The molecule has 0 spiro atoms. The van der Waals surface area contributed by atoms with Crippen LogP contribution in [0.25, 0.3) is 11.1 Å². The summed E-state index contributed by atoms with van der Waals surface area (Å²) in [6.45, 7) is 18.6. The zero-order chi connectivity index (χ0) is 17.3. The van der Waals surface area contributed by atoms with Crippen LogP contribution in [-0.2, 0) is 0 Å². The largest absolute Gasteiger partial charge is 0.0683 e. The average Bonchev–Trinajstić information content (AvgIpc) is 2.85. The lowest BCUT2D eigenvalue weighted by Gasteiger charge is -2.07. The molecule has 1 aliphatic rings. The van der Waals surface area contributed by atoms with Crippen molar-refractivity contribution >= 4 is 0 Å². The average molecular weight is 299 g/mol. The molecular weight excluding hydrogens is 264 g/mol. The SMILES string of the molecule is CC.CC.CC.Cc1ccc2c(c1)C(C)c1cc(C)ccc1-2. The molecule has 0 saturated carbocycles. The van der Waals surface area contributed by atoms with Crippen LogP contribution in [0.4, 0.5) is 0 Å². The van der Waals surface area contributed by atoms with Gasteiger partial charge in [-0.15, -0.1) is 0 Å². The van der Waals surface area contributed by atoms with E-state index in [4.69, 9.17) is 0 Å². The Hall–Kier alpha value is -1.56. The van der Waals surface area contributed by atoms with Gasteiger partial charge < -0.3 is 0 Å². The quantitative estimate of drug-likeness (QED) is 0.472. The maximum atomic E-state index is 2.33. The molecule has 22 heavy (non-hydrogen) atoms. The van der Waals surface area contributed by atoms with Crippen molar-refractivity contribution in [1.29, 1.82) is 0 Å². The maximum Gasteiger partial charge on any atom is 0.00735 e. The van der Waals surface area contributed by atoms with E-state index in [-0.39, 0.29) is 0 Å². The van der Waals surface area contributed by atoms with Crippen molar-refractivity contribution in [1.82, 2.24) is 0 Å². The van der Waals surface area contributed by atoms with E-state index >= 15 is 0 Å². The lowest BCUT2D eigenvalue weighted by molar-refractivity contribution is 0.952. The van der Waals surface area contributed by atoms with Crippen LogP contribution in [0.3, 0.4) is 0 Å². The molecule has 0 unspecified atom stereocenters. The first-order valence-electron chi connectivity index (χ1n) is 8.88. The first-order chi connectivity index (χ1) is 10.7. The molecule has 122 valence electrons. The topological polar surface area (TPSA) is 0 Å². The molecule has 2 aromatic carbocycles. The van der Waals surface area contributed by atoms with E-state index in [1.807, 2.05) is 41.5 Å². The Labute approximate surface area is 138 Å². The van der Waals surface area contributed by atoms with E-state index in [0.29, 0.717) is 5.92 Å². The highest BCUT2D eigenvalue weighted by molar-refractivity contribution is 5.79. The van der Waals surface area contributed by atoms with Gasteiger partial charge in [0.05, 0.1) is 0 Å². The van der Waals surface area contributed by atoms with Crippen molar-refractivity contribution in [3.05, 3.63) is 58.7 Å². The van der Waals surface area contributed by atoms with Gasteiger partial charge in [0.2, 0.25) is 0 Å². The minimum absolute atomic E-state index is 0.546. The summed E-state index contributed by atoms with van der Waals surface area (Å²) in [5.74, 6) is 0.546. The Kier molecular flexibility index (Phi) is 9.49. The number of fused-ring (bicyclic) bond motifs is 3. The molecule has 0 nitrogen and oxygen atoms in total. The molecule has 0 saturated heterocycles. The van der Waals surface area contributed by atoms with E-state index in [1.54, 1.807) is 0 Å². The summed E-state index contributed by atoms with van der Waals surface area (Å²) in [5, 5.41) is 0. The number of aryl methyl sites for hydroxylation is 2. The minimum Gasteiger partial charge on any atom is -0.0683 e. The summed E-state index contributed by atoms with van der Waals surface area (Å²) in [7, 11) is 0.